The first-order valence-electron chi connectivity index (χ1n) is 6.32. The number of hydrogen-bond donors (Lipinski definition) is 1. The summed E-state index contributed by atoms with van der Waals surface area (Å²) in [5.41, 5.74) is 7.12. The number of Topliss-reactive ketones (excluding diaryl/α,β-unsaturated/α-hetero) is 2. The Labute approximate surface area is 120 Å². The molecule has 0 fully saturated rings. The average molecular weight is 283 g/mol. The summed E-state index contributed by atoms with van der Waals surface area (Å²) in [6, 6.07) is 0. The minimum Gasteiger partial charge on any atom is -0.464 e. The molecule has 0 aromatic rings. The number of ketones is 2. The summed E-state index contributed by atoms with van der Waals surface area (Å²) >= 11 is 0. The Hall–Kier alpha value is -1.75. The molecule has 0 saturated heterocycles. The van der Waals surface area contributed by atoms with Gasteiger partial charge in [0.15, 0.2) is 11.6 Å². The van der Waals surface area contributed by atoms with E-state index >= 15 is 0 Å². The van der Waals surface area contributed by atoms with E-state index in [1.54, 1.807) is 13.8 Å². The molecule has 0 aliphatic heterocycles. The molecule has 0 aromatic carbocycles. The number of esters is 1. The summed E-state index contributed by atoms with van der Waals surface area (Å²) in [4.78, 5) is 31.8. The second-order valence-corrected chi connectivity index (χ2v) is 4.49. The molecule has 0 aliphatic carbocycles. The summed E-state index contributed by atoms with van der Waals surface area (Å²) in [7, 11) is 0. The maximum atomic E-state index is 10.7. The van der Waals surface area contributed by atoms with E-state index in [4.69, 9.17) is 5.73 Å². The van der Waals surface area contributed by atoms with Crippen molar-refractivity contribution in [3.8, 4) is 0 Å². The van der Waals surface area contributed by atoms with Gasteiger partial charge in [-0.05, 0) is 45.8 Å². The van der Waals surface area contributed by atoms with E-state index in [9.17, 15) is 14.4 Å². The van der Waals surface area contributed by atoms with E-state index in [-0.39, 0.29) is 24.1 Å². The van der Waals surface area contributed by atoms with Crippen molar-refractivity contribution in [2.45, 2.75) is 41.0 Å². The highest BCUT2D eigenvalue weighted by atomic mass is 16.5. The third-order valence-corrected chi connectivity index (χ3v) is 2.58. The quantitative estimate of drug-likeness (QED) is 0.457. The predicted molar refractivity (Wildman–Crippen MR) is 79.2 cm³/mol. The SMILES string of the molecule is C=C(C)CCOC(=O)CN.CC(=O)/C(C)=C(/C)C(C)=O. The first-order valence-corrected chi connectivity index (χ1v) is 6.32. The van der Waals surface area contributed by atoms with E-state index in [0.29, 0.717) is 24.2 Å². The van der Waals surface area contributed by atoms with Crippen LogP contribution in [0.5, 0.6) is 0 Å². The van der Waals surface area contributed by atoms with Crippen molar-refractivity contribution in [1.29, 1.82) is 0 Å². The van der Waals surface area contributed by atoms with Crippen LogP contribution in [0.4, 0.5) is 0 Å². The normalized spacial score (nSPS) is 10.7. The molecule has 0 aromatic heterocycles. The highest BCUT2D eigenvalue weighted by Gasteiger charge is 2.04. The smallest absolute Gasteiger partial charge is 0.319 e. The third-order valence-electron chi connectivity index (χ3n) is 2.58. The van der Waals surface area contributed by atoms with Crippen LogP contribution in [0, 0.1) is 0 Å². The molecule has 0 heterocycles. The molecule has 5 heteroatoms. The molecule has 0 bridgehead atoms. The fourth-order valence-corrected chi connectivity index (χ4v) is 0.926. The fraction of sp³-hybridized carbons (Fsp3) is 0.533. The zero-order chi connectivity index (χ0) is 16.3. The molecule has 0 saturated carbocycles. The lowest BCUT2D eigenvalue weighted by Gasteiger charge is -2.01. The molecule has 20 heavy (non-hydrogen) atoms. The second kappa shape index (κ2) is 11.1. The molecule has 2 N–H and O–H groups in total. The largest absolute Gasteiger partial charge is 0.464 e. The van der Waals surface area contributed by atoms with E-state index < -0.39 is 0 Å². The van der Waals surface area contributed by atoms with Crippen molar-refractivity contribution >= 4 is 17.5 Å². The van der Waals surface area contributed by atoms with Gasteiger partial charge in [-0.15, -0.1) is 6.58 Å². The van der Waals surface area contributed by atoms with E-state index in [2.05, 4.69) is 11.3 Å². The molecule has 5 nitrogen and oxygen atoms in total. The van der Waals surface area contributed by atoms with Crippen molar-refractivity contribution in [3.63, 3.8) is 0 Å². The maximum Gasteiger partial charge on any atom is 0.319 e. The lowest BCUT2D eigenvalue weighted by atomic mass is 10.1. The number of allylic oxidation sites excluding steroid dienone is 2. The van der Waals surface area contributed by atoms with Crippen LogP contribution >= 0.6 is 0 Å². The summed E-state index contributed by atoms with van der Waals surface area (Å²) in [5, 5.41) is 0. The first-order chi connectivity index (χ1) is 9.13. The van der Waals surface area contributed by atoms with Crippen LogP contribution < -0.4 is 5.73 Å². The lowest BCUT2D eigenvalue weighted by Crippen LogP contribution is -2.17. The molecule has 0 unspecified atom stereocenters. The van der Waals surface area contributed by atoms with Crippen LogP contribution in [0.15, 0.2) is 23.3 Å². The summed E-state index contributed by atoms with van der Waals surface area (Å²) in [6.45, 7) is 12.1. The van der Waals surface area contributed by atoms with Gasteiger partial charge in [-0.3, -0.25) is 14.4 Å². The fourth-order valence-electron chi connectivity index (χ4n) is 0.926. The molecule has 0 rings (SSSR count). The van der Waals surface area contributed by atoms with Crippen LogP contribution in [-0.2, 0) is 19.1 Å². The second-order valence-electron chi connectivity index (χ2n) is 4.49. The van der Waals surface area contributed by atoms with Crippen LogP contribution in [-0.4, -0.2) is 30.7 Å². The minimum atomic E-state index is -0.360. The molecular weight excluding hydrogens is 258 g/mol. The van der Waals surface area contributed by atoms with E-state index in [1.165, 1.54) is 13.8 Å². The molecule has 0 amide bonds. The number of nitrogens with two attached hydrogens (primary N) is 1. The zero-order valence-corrected chi connectivity index (χ0v) is 13.0. The Morgan fingerprint density at radius 1 is 0.950 bits per heavy atom. The number of rotatable bonds is 6. The van der Waals surface area contributed by atoms with Gasteiger partial charge in [0.1, 0.15) is 0 Å². The van der Waals surface area contributed by atoms with Crippen LogP contribution in [0.25, 0.3) is 0 Å². The van der Waals surface area contributed by atoms with Crippen molar-refractivity contribution in [2.75, 3.05) is 13.2 Å². The van der Waals surface area contributed by atoms with Gasteiger partial charge >= 0.3 is 5.97 Å². The van der Waals surface area contributed by atoms with Gasteiger partial charge in [-0.25, -0.2) is 0 Å². The number of hydrogen-bond acceptors (Lipinski definition) is 5. The van der Waals surface area contributed by atoms with Crippen LogP contribution in [0.3, 0.4) is 0 Å². The summed E-state index contributed by atoms with van der Waals surface area (Å²) < 4.78 is 4.68. The van der Waals surface area contributed by atoms with E-state index in [0.717, 1.165) is 5.57 Å². The Kier molecular flexibility index (Phi) is 11.4. The predicted octanol–water partition coefficient (Wildman–Crippen LogP) is 1.96. The van der Waals surface area contributed by atoms with Gasteiger partial charge in [-0.1, -0.05) is 5.57 Å². The van der Waals surface area contributed by atoms with Crippen LogP contribution in [0.2, 0.25) is 0 Å². The number of carbonyl (C=O) groups excluding carboxylic acids is 3. The standard InChI is InChI=1S/C8H12O2.C7H13NO2/c1-5(7(3)9)6(2)8(4)10;1-6(2)3-4-10-7(9)5-8/h1-4H3;1,3-5,8H2,2H3/b6-5-;. The minimum absolute atomic E-state index is 0.0345. The number of ether oxygens (including phenoxy) is 1. The van der Waals surface area contributed by atoms with E-state index in [1.807, 2.05) is 6.92 Å². The molecule has 114 valence electrons. The molecule has 0 atom stereocenters. The highest BCUT2D eigenvalue weighted by Crippen LogP contribution is 2.04. The van der Waals surface area contributed by atoms with Gasteiger partial charge in [0.25, 0.3) is 0 Å². The molecule has 0 radical (unpaired) electrons. The Morgan fingerprint density at radius 2 is 1.35 bits per heavy atom. The van der Waals surface area contributed by atoms with Crippen LogP contribution in [0.1, 0.15) is 41.0 Å². The molecule has 0 spiro atoms. The van der Waals surface area contributed by atoms with Gasteiger partial charge in [0, 0.05) is 6.42 Å². The zero-order valence-electron chi connectivity index (χ0n) is 13.0. The molecular formula is C15H25NO4. The highest BCUT2D eigenvalue weighted by molar-refractivity contribution is 6.03. The third kappa shape index (κ3) is 11.3. The maximum absolute atomic E-state index is 10.7. The number of carbonyl (C=O) groups is 3. The Balaban J connectivity index is 0. The lowest BCUT2D eigenvalue weighted by molar-refractivity contribution is -0.141. The van der Waals surface area contributed by atoms with Gasteiger partial charge in [-0.2, -0.15) is 0 Å². The van der Waals surface area contributed by atoms with Gasteiger partial charge in [0.05, 0.1) is 13.2 Å². The summed E-state index contributed by atoms with van der Waals surface area (Å²) in [6.07, 6.45) is 0.714. The van der Waals surface area contributed by atoms with Crippen molar-refractivity contribution in [2.24, 2.45) is 5.73 Å². The average Bonchev–Trinajstić information content (AvgIpc) is 2.36. The van der Waals surface area contributed by atoms with Crippen molar-refractivity contribution in [3.05, 3.63) is 23.3 Å². The van der Waals surface area contributed by atoms with Gasteiger partial charge < -0.3 is 10.5 Å². The van der Waals surface area contributed by atoms with Crippen molar-refractivity contribution in [1.82, 2.24) is 0 Å². The monoisotopic (exact) mass is 283 g/mol. The Bertz CT molecular complexity index is 386. The topological polar surface area (TPSA) is 86.5 Å². The van der Waals surface area contributed by atoms with Crippen molar-refractivity contribution < 1.29 is 19.1 Å². The van der Waals surface area contributed by atoms with Gasteiger partial charge in [0.2, 0.25) is 0 Å². The Morgan fingerprint density at radius 3 is 1.60 bits per heavy atom. The first kappa shape index (κ1) is 20.6. The molecule has 0 aliphatic rings. The summed E-state index contributed by atoms with van der Waals surface area (Å²) in [5.74, 6) is -0.429.